The highest BCUT2D eigenvalue weighted by Gasteiger charge is 2.27. The molecule has 2 amide bonds. The molecule has 1 unspecified atom stereocenters. The van der Waals surface area contributed by atoms with Crippen LogP contribution < -0.4 is 10.6 Å². The van der Waals surface area contributed by atoms with E-state index >= 15 is 0 Å². The van der Waals surface area contributed by atoms with Gasteiger partial charge in [0.25, 0.3) is 5.91 Å². The van der Waals surface area contributed by atoms with Crippen molar-refractivity contribution in [1.82, 2.24) is 10.6 Å². The van der Waals surface area contributed by atoms with Gasteiger partial charge in [0.15, 0.2) is 6.04 Å². The smallest absolute Gasteiger partial charge is 0.328 e. The first kappa shape index (κ1) is 16.1. The van der Waals surface area contributed by atoms with E-state index in [-0.39, 0.29) is 0 Å². The van der Waals surface area contributed by atoms with E-state index < -0.39 is 36.0 Å². The Morgan fingerprint density at radius 2 is 1.90 bits per heavy atom. The number of aliphatic hydroxyl groups is 1. The minimum Gasteiger partial charge on any atom is -0.480 e. The Kier molecular flexibility index (Phi) is 5.66. The summed E-state index contributed by atoms with van der Waals surface area (Å²) in [7, 11) is 0. The van der Waals surface area contributed by atoms with Gasteiger partial charge in [0, 0.05) is 0 Å². The number of nitrogens with one attached hydrogen (secondary N) is 2. The molecule has 0 bridgehead atoms. The van der Waals surface area contributed by atoms with Gasteiger partial charge in [-0.3, -0.25) is 9.59 Å². The Bertz CT molecular complexity index is 486. The first-order valence-electron chi connectivity index (χ1n) is 5.88. The molecule has 4 N–H and O–H groups in total. The van der Waals surface area contributed by atoms with Crippen molar-refractivity contribution in [2.75, 3.05) is 0 Å². The number of carboxylic acid groups (broad SMARTS) is 1. The fourth-order valence-corrected chi connectivity index (χ4v) is 2.03. The molecule has 0 aliphatic carbocycles. The number of hydrogen-bond acceptors (Lipinski definition) is 5. The van der Waals surface area contributed by atoms with Gasteiger partial charge in [0.1, 0.15) is 6.04 Å². The second-order valence-corrected chi connectivity index (χ2v) is 5.19. The van der Waals surface area contributed by atoms with Gasteiger partial charge in [-0.05, 0) is 25.3 Å². The van der Waals surface area contributed by atoms with E-state index in [0.717, 1.165) is 0 Å². The van der Waals surface area contributed by atoms with E-state index in [1.54, 1.807) is 17.5 Å². The standard InChI is InChI=1S/C12H16N2O5S/c1-6(13-11(17)8-4-3-5-20-8)10(16)14-9(7(2)15)12(18)19/h3-7,9,15H,1-2H3,(H,13,17)(H,14,16)(H,18,19)/t6?,7-,9+/m1/s1. The lowest BCUT2D eigenvalue weighted by Gasteiger charge is -2.20. The SMILES string of the molecule is CC(NC(=O)c1cccs1)C(=O)N[C@H](C(=O)O)[C@@H](C)O. The first-order valence-corrected chi connectivity index (χ1v) is 6.76. The molecule has 0 spiro atoms. The summed E-state index contributed by atoms with van der Waals surface area (Å²) >= 11 is 1.23. The summed E-state index contributed by atoms with van der Waals surface area (Å²) in [5.74, 6) is -2.43. The summed E-state index contributed by atoms with van der Waals surface area (Å²) in [4.78, 5) is 34.8. The summed E-state index contributed by atoms with van der Waals surface area (Å²) in [6.45, 7) is 2.69. The molecule has 0 fully saturated rings. The first-order chi connectivity index (χ1) is 9.32. The van der Waals surface area contributed by atoms with Crippen molar-refractivity contribution in [2.45, 2.75) is 32.0 Å². The lowest BCUT2D eigenvalue weighted by molar-refractivity contribution is -0.145. The van der Waals surface area contributed by atoms with Crippen molar-refractivity contribution in [3.8, 4) is 0 Å². The summed E-state index contributed by atoms with van der Waals surface area (Å²) < 4.78 is 0. The number of thiophene rings is 1. The van der Waals surface area contributed by atoms with Crippen LogP contribution >= 0.6 is 11.3 Å². The predicted octanol–water partition coefficient (Wildman–Crippen LogP) is -0.183. The highest BCUT2D eigenvalue weighted by molar-refractivity contribution is 7.12. The zero-order valence-corrected chi connectivity index (χ0v) is 11.8. The van der Waals surface area contributed by atoms with E-state index in [9.17, 15) is 19.5 Å². The third kappa shape index (κ3) is 4.32. The normalized spacial score (nSPS) is 14.9. The Morgan fingerprint density at radius 1 is 1.25 bits per heavy atom. The van der Waals surface area contributed by atoms with E-state index in [0.29, 0.717) is 4.88 Å². The fourth-order valence-electron chi connectivity index (χ4n) is 1.41. The maximum absolute atomic E-state index is 11.8. The third-order valence-corrected chi connectivity index (χ3v) is 3.40. The van der Waals surface area contributed by atoms with Gasteiger partial charge in [0.2, 0.25) is 5.91 Å². The zero-order valence-electron chi connectivity index (χ0n) is 11.0. The largest absolute Gasteiger partial charge is 0.480 e. The molecule has 1 heterocycles. The predicted molar refractivity (Wildman–Crippen MR) is 72.5 cm³/mol. The van der Waals surface area contributed by atoms with Crippen LogP contribution in [-0.4, -0.2) is 46.2 Å². The van der Waals surface area contributed by atoms with Crippen LogP contribution in [0.25, 0.3) is 0 Å². The zero-order chi connectivity index (χ0) is 15.3. The summed E-state index contributed by atoms with van der Waals surface area (Å²) in [6, 6.07) is 0.993. The molecule has 7 nitrogen and oxygen atoms in total. The van der Waals surface area contributed by atoms with E-state index in [1.807, 2.05) is 0 Å². The van der Waals surface area contributed by atoms with Crippen molar-refractivity contribution >= 4 is 29.1 Å². The molecule has 0 aliphatic rings. The van der Waals surface area contributed by atoms with Crippen LogP contribution in [-0.2, 0) is 9.59 Å². The van der Waals surface area contributed by atoms with Crippen LogP contribution in [0.1, 0.15) is 23.5 Å². The summed E-state index contributed by atoms with van der Waals surface area (Å²) in [5, 5.41) is 24.5. The fraction of sp³-hybridized carbons (Fsp3) is 0.417. The van der Waals surface area contributed by atoms with Gasteiger partial charge >= 0.3 is 5.97 Å². The number of carbonyl (C=O) groups excluding carboxylic acids is 2. The van der Waals surface area contributed by atoms with Crippen molar-refractivity contribution in [3.63, 3.8) is 0 Å². The van der Waals surface area contributed by atoms with Crippen LogP contribution in [0.4, 0.5) is 0 Å². The molecule has 0 aliphatic heterocycles. The lowest BCUT2D eigenvalue weighted by Crippen LogP contribution is -2.53. The van der Waals surface area contributed by atoms with Gasteiger partial charge in [0.05, 0.1) is 11.0 Å². The lowest BCUT2D eigenvalue weighted by atomic mass is 10.1. The van der Waals surface area contributed by atoms with Gasteiger partial charge in [-0.2, -0.15) is 0 Å². The monoisotopic (exact) mass is 300 g/mol. The van der Waals surface area contributed by atoms with Crippen LogP contribution in [0, 0.1) is 0 Å². The molecule has 20 heavy (non-hydrogen) atoms. The number of amides is 2. The minimum absolute atomic E-state index is 0.411. The molecule has 1 aromatic heterocycles. The number of aliphatic hydroxyl groups excluding tert-OH is 1. The number of aliphatic carboxylic acids is 1. The number of hydrogen-bond donors (Lipinski definition) is 4. The molecule has 8 heteroatoms. The van der Waals surface area contributed by atoms with Crippen LogP contribution in [0.2, 0.25) is 0 Å². The Labute approximate surface area is 119 Å². The van der Waals surface area contributed by atoms with Gasteiger partial charge in [-0.15, -0.1) is 11.3 Å². The second kappa shape index (κ2) is 7.01. The van der Waals surface area contributed by atoms with E-state index in [2.05, 4.69) is 10.6 Å². The topological polar surface area (TPSA) is 116 Å². The molecule has 0 saturated carbocycles. The van der Waals surface area contributed by atoms with Gasteiger partial charge < -0.3 is 20.8 Å². The highest BCUT2D eigenvalue weighted by atomic mass is 32.1. The van der Waals surface area contributed by atoms with E-state index in [4.69, 9.17) is 5.11 Å². The maximum atomic E-state index is 11.8. The molecule has 0 aromatic carbocycles. The van der Waals surface area contributed by atoms with Crippen molar-refractivity contribution in [3.05, 3.63) is 22.4 Å². The number of carbonyl (C=O) groups is 3. The molecule has 0 radical (unpaired) electrons. The van der Waals surface area contributed by atoms with Crippen molar-refractivity contribution < 1.29 is 24.6 Å². The molecular formula is C12H16N2O5S. The average molecular weight is 300 g/mol. The third-order valence-electron chi connectivity index (χ3n) is 2.53. The van der Waals surface area contributed by atoms with E-state index in [1.165, 1.54) is 25.2 Å². The molecule has 110 valence electrons. The number of carboxylic acids is 1. The summed E-state index contributed by atoms with van der Waals surface area (Å²) in [6.07, 6.45) is -1.24. The van der Waals surface area contributed by atoms with Crippen molar-refractivity contribution in [1.29, 1.82) is 0 Å². The van der Waals surface area contributed by atoms with Gasteiger partial charge in [-0.25, -0.2) is 4.79 Å². The number of rotatable bonds is 6. The Balaban J connectivity index is 2.59. The second-order valence-electron chi connectivity index (χ2n) is 4.24. The quantitative estimate of drug-likeness (QED) is 0.581. The Hall–Kier alpha value is -1.93. The highest BCUT2D eigenvalue weighted by Crippen LogP contribution is 2.08. The Morgan fingerprint density at radius 3 is 2.35 bits per heavy atom. The van der Waals surface area contributed by atoms with Crippen LogP contribution in [0.5, 0.6) is 0 Å². The molecule has 0 saturated heterocycles. The molecule has 3 atom stereocenters. The molecular weight excluding hydrogens is 284 g/mol. The van der Waals surface area contributed by atoms with Crippen molar-refractivity contribution in [2.24, 2.45) is 0 Å². The van der Waals surface area contributed by atoms with Crippen LogP contribution in [0.3, 0.4) is 0 Å². The molecule has 1 aromatic rings. The molecule has 1 rings (SSSR count). The van der Waals surface area contributed by atoms with Crippen LogP contribution in [0.15, 0.2) is 17.5 Å². The minimum atomic E-state index is -1.41. The van der Waals surface area contributed by atoms with Gasteiger partial charge in [-0.1, -0.05) is 6.07 Å². The average Bonchev–Trinajstić information content (AvgIpc) is 2.88. The summed E-state index contributed by atoms with van der Waals surface area (Å²) in [5.41, 5.74) is 0. The maximum Gasteiger partial charge on any atom is 0.328 e.